The van der Waals surface area contributed by atoms with Gasteiger partial charge in [0, 0.05) is 38.6 Å². The van der Waals surface area contributed by atoms with Crippen LogP contribution in [0.15, 0.2) is 24.5 Å². The molecule has 2 aromatic rings. The van der Waals surface area contributed by atoms with Crippen molar-refractivity contribution in [2.24, 2.45) is 0 Å². The molecule has 3 heterocycles. The highest BCUT2D eigenvalue weighted by molar-refractivity contribution is 6.37. The molecule has 2 aromatic heterocycles. The van der Waals surface area contributed by atoms with Crippen LogP contribution in [0.3, 0.4) is 0 Å². The van der Waals surface area contributed by atoms with E-state index in [1.165, 1.54) is 0 Å². The Bertz CT molecular complexity index is 628. The van der Waals surface area contributed by atoms with E-state index in [9.17, 15) is 0 Å². The molecule has 1 aliphatic rings. The summed E-state index contributed by atoms with van der Waals surface area (Å²) in [5.74, 6) is 1.71. The maximum absolute atomic E-state index is 6.21. The van der Waals surface area contributed by atoms with Crippen molar-refractivity contribution >= 4 is 40.8 Å². The van der Waals surface area contributed by atoms with Crippen LogP contribution in [0.5, 0.6) is 0 Å². The van der Waals surface area contributed by atoms with Gasteiger partial charge in [-0.05, 0) is 12.1 Å². The van der Waals surface area contributed by atoms with Crippen LogP contribution < -0.4 is 15.5 Å². The average molecular weight is 325 g/mol. The van der Waals surface area contributed by atoms with Crippen LogP contribution >= 0.6 is 23.2 Å². The molecular weight excluding hydrogens is 311 g/mol. The Hall–Kier alpha value is -1.79. The molecule has 6 nitrogen and oxygen atoms in total. The molecule has 0 aromatic carbocycles. The Kier molecular flexibility index (Phi) is 3.98. The van der Waals surface area contributed by atoms with Crippen molar-refractivity contribution < 1.29 is 0 Å². The summed E-state index contributed by atoms with van der Waals surface area (Å²) in [7, 11) is 0. The fraction of sp³-hybridized carbons (Fsp3) is 0.308. The fourth-order valence-corrected chi connectivity index (χ4v) is 2.74. The minimum absolute atomic E-state index is 0.296. The molecule has 1 fully saturated rings. The number of anilines is 3. The number of halogens is 2. The molecule has 0 bridgehead atoms. The molecule has 0 saturated carbocycles. The van der Waals surface area contributed by atoms with Crippen LogP contribution in [-0.4, -0.2) is 41.1 Å². The molecule has 0 aliphatic carbocycles. The molecule has 110 valence electrons. The van der Waals surface area contributed by atoms with Gasteiger partial charge in [-0.2, -0.15) is 0 Å². The number of pyridine rings is 1. The molecule has 3 rings (SSSR count). The quantitative estimate of drug-likeness (QED) is 0.912. The van der Waals surface area contributed by atoms with Crippen molar-refractivity contribution in [3.05, 3.63) is 34.6 Å². The zero-order valence-electron chi connectivity index (χ0n) is 11.2. The lowest BCUT2D eigenvalue weighted by molar-refractivity contribution is 0.635. The zero-order chi connectivity index (χ0) is 14.8. The zero-order valence-corrected chi connectivity index (χ0v) is 12.7. The number of nitrogen functional groups attached to an aromatic ring is 1. The second kappa shape index (κ2) is 5.91. The number of piperazine rings is 1. The fourth-order valence-electron chi connectivity index (χ4n) is 2.27. The lowest BCUT2D eigenvalue weighted by Gasteiger charge is -2.35. The van der Waals surface area contributed by atoms with Crippen molar-refractivity contribution in [1.82, 2.24) is 15.0 Å². The molecule has 1 aliphatic heterocycles. The van der Waals surface area contributed by atoms with Crippen molar-refractivity contribution in [2.45, 2.75) is 0 Å². The molecule has 2 N–H and O–H groups in total. The SMILES string of the molecule is Nc1nc(N2CCN(c3ncccn3)CC2)c(Cl)cc1Cl. The Morgan fingerprint density at radius 1 is 0.952 bits per heavy atom. The Labute approximate surface area is 132 Å². The van der Waals surface area contributed by atoms with Crippen molar-refractivity contribution in [1.29, 1.82) is 0 Å². The van der Waals surface area contributed by atoms with Gasteiger partial charge in [-0.1, -0.05) is 23.2 Å². The van der Waals surface area contributed by atoms with Crippen LogP contribution in [0.1, 0.15) is 0 Å². The first-order valence-electron chi connectivity index (χ1n) is 6.53. The largest absolute Gasteiger partial charge is 0.382 e. The van der Waals surface area contributed by atoms with Crippen LogP contribution in [0, 0.1) is 0 Å². The number of rotatable bonds is 2. The predicted octanol–water partition coefficient (Wildman–Crippen LogP) is 2.09. The molecule has 21 heavy (non-hydrogen) atoms. The first kappa shape index (κ1) is 14.2. The number of nitrogens with two attached hydrogens (primary N) is 1. The van der Waals surface area contributed by atoms with Gasteiger partial charge in [0.25, 0.3) is 0 Å². The average Bonchev–Trinajstić information content (AvgIpc) is 2.52. The summed E-state index contributed by atoms with van der Waals surface area (Å²) in [6, 6.07) is 3.44. The van der Waals surface area contributed by atoms with E-state index < -0.39 is 0 Å². The van der Waals surface area contributed by atoms with Gasteiger partial charge in [0.05, 0.1) is 10.0 Å². The lowest BCUT2D eigenvalue weighted by Crippen LogP contribution is -2.47. The minimum Gasteiger partial charge on any atom is -0.382 e. The molecule has 1 saturated heterocycles. The number of nitrogens with zero attached hydrogens (tertiary/aromatic N) is 5. The van der Waals surface area contributed by atoms with Crippen LogP contribution in [0.25, 0.3) is 0 Å². The van der Waals surface area contributed by atoms with E-state index >= 15 is 0 Å². The minimum atomic E-state index is 0.296. The van der Waals surface area contributed by atoms with Gasteiger partial charge in [0.1, 0.15) is 11.6 Å². The van der Waals surface area contributed by atoms with Crippen LogP contribution in [-0.2, 0) is 0 Å². The van der Waals surface area contributed by atoms with Gasteiger partial charge >= 0.3 is 0 Å². The highest BCUT2D eigenvalue weighted by atomic mass is 35.5. The summed E-state index contributed by atoms with van der Waals surface area (Å²) in [5.41, 5.74) is 5.76. The first-order chi connectivity index (χ1) is 10.1. The monoisotopic (exact) mass is 324 g/mol. The first-order valence-corrected chi connectivity index (χ1v) is 7.29. The third-order valence-electron chi connectivity index (χ3n) is 3.35. The van der Waals surface area contributed by atoms with Gasteiger partial charge in [0.15, 0.2) is 0 Å². The summed E-state index contributed by atoms with van der Waals surface area (Å²) in [5, 5.41) is 0.888. The van der Waals surface area contributed by atoms with Crippen molar-refractivity contribution in [2.75, 3.05) is 41.7 Å². The second-order valence-corrected chi connectivity index (χ2v) is 5.50. The lowest BCUT2D eigenvalue weighted by atomic mass is 10.3. The van der Waals surface area contributed by atoms with E-state index in [-0.39, 0.29) is 0 Å². The number of hydrogen-bond acceptors (Lipinski definition) is 6. The maximum Gasteiger partial charge on any atom is 0.225 e. The van der Waals surface area contributed by atoms with Gasteiger partial charge < -0.3 is 15.5 Å². The van der Waals surface area contributed by atoms with Gasteiger partial charge in [-0.3, -0.25) is 0 Å². The van der Waals surface area contributed by atoms with E-state index in [0.29, 0.717) is 21.7 Å². The van der Waals surface area contributed by atoms with Crippen molar-refractivity contribution in [3.63, 3.8) is 0 Å². The van der Waals surface area contributed by atoms with E-state index in [2.05, 4.69) is 24.8 Å². The van der Waals surface area contributed by atoms with E-state index in [1.54, 1.807) is 24.5 Å². The number of hydrogen-bond donors (Lipinski definition) is 1. The number of aromatic nitrogens is 3. The molecule has 8 heteroatoms. The third kappa shape index (κ3) is 2.96. The highest BCUT2D eigenvalue weighted by Crippen LogP contribution is 2.30. The highest BCUT2D eigenvalue weighted by Gasteiger charge is 2.22. The Balaban J connectivity index is 1.73. The van der Waals surface area contributed by atoms with Crippen LogP contribution in [0.4, 0.5) is 17.6 Å². The summed E-state index contributed by atoms with van der Waals surface area (Å²) < 4.78 is 0. The molecule has 0 atom stereocenters. The van der Waals surface area contributed by atoms with Gasteiger partial charge in [-0.25, -0.2) is 15.0 Å². The second-order valence-electron chi connectivity index (χ2n) is 4.68. The van der Waals surface area contributed by atoms with E-state index in [1.807, 2.05) is 0 Å². The molecule has 0 amide bonds. The van der Waals surface area contributed by atoms with Crippen molar-refractivity contribution in [3.8, 4) is 0 Å². The standard InChI is InChI=1S/C13H14Cl2N6/c14-9-8-10(15)12(19-11(9)16)20-4-6-21(7-5-20)13-17-2-1-3-18-13/h1-3,8H,4-7H2,(H2,16,19). The molecular formula is C13H14Cl2N6. The normalized spacial score (nSPS) is 15.3. The predicted molar refractivity (Wildman–Crippen MR) is 85.1 cm³/mol. The summed E-state index contributed by atoms with van der Waals surface area (Å²) >= 11 is 12.1. The summed E-state index contributed by atoms with van der Waals surface area (Å²) in [4.78, 5) is 17.0. The van der Waals surface area contributed by atoms with Crippen LogP contribution in [0.2, 0.25) is 10.0 Å². The molecule has 0 radical (unpaired) electrons. The maximum atomic E-state index is 6.21. The summed E-state index contributed by atoms with van der Waals surface area (Å²) in [6.07, 6.45) is 3.49. The van der Waals surface area contributed by atoms with Gasteiger partial charge in [0.2, 0.25) is 5.95 Å². The van der Waals surface area contributed by atoms with E-state index in [4.69, 9.17) is 28.9 Å². The third-order valence-corrected chi connectivity index (χ3v) is 3.93. The molecule has 0 spiro atoms. The Morgan fingerprint density at radius 3 is 2.24 bits per heavy atom. The topological polar surface area (TPSA) is 71.2 Å². The van der Waals surface area contributed by atoms with E-state index in [0.717, 1.165) is 32.1 Å². The smallest absolute Gasteiger partial charge is 0.225 e. The summed E-state index contributed by atoms with van der Waals surface area (Å²) in [6.45, 7) is 3.13. The van der Waals surface area contributed by atoms with Gasteiger partial charge in [-0.15, -0.1) is 0 Å². The Morgan fingerprint density at radius 2 is 1.57 bits per heavy atom. The molecule has 0 unspecified atom stereocenters.